The first kappa shape index (κ1) is 15.3. The van der Waals surface area contributed by atoms with E-state index in [9.17, 15) is 14.6 Å². The summed E-state index contributed by atoms with van der Waals surface area (Å²) >= 11 is 0. The Bertz CT molecular complexity index is 444. The highest BCUT2D eigenvalue weighted by atomic mass is 19.1. The summed E-state index contributed by atoms with van der Waals surface area (Å²) in [4.78, 5) is 0. The second-order valence-corrected chi connectivity index (χ2v) is 6.02. The number of aromatic hydroxyl groups is 1. The zero-order valence-electron chi connectivity index (χ0n) is 12.0. The van der Waals surface area contributed by atoms with Crippen molar-refractivity contribution >= 4 is 0 Å². The number of hydrogen-bond donors (Lipinski definition) is 3. The Morgan fingerprint density at radius 1 is 1.30 bits per heavy atom. The van der Waals surface area contributed by atoms with Crippen molar-refractivity contribution in [2.75, 3.05) is 13.2 Å². The minimum atomic E-state index is -0.433. The molecular formula is C16H24FNO2. The normalized spacial score (nSPS) is 19.8. The maximum Gasteiger partial charge on any atom is 0.126 e. The first-order valence-electron chi connectivity index (χ1n) is 7.39. The van der Waals surface area contributed by atoms with Crippen LogP contribution in [0, 0.1) is 11.2 Å². The predicted molar refractivity (Wildman–Crippen MR) is 77.1 cm³/mol. The Balaban J connectivity index is 1.98. The average molecular weight is 281 g/mol. The van der Waals surface area contributed by atoms with Crippen LogP contribution in [0.25, 0.3) is 0 Å². The number of benzene rings is 1. The van der Waals surface area contributed by atoms with E-state index < -0.39 is 5.82 Å². The van der Waals surface area contributed by atoms with Crippen molar-refractivity contribution in [2.45, 2.75) is 45.1 Å². The maximum absolute atomic E-state index is 13.0. The molecule has 1 fully saturated rings. The number of nitrogens with one attached hydrogen (secondary N) is 1. The van der Waals surface area contributed by atoms with Crippen LogP contribution >= 0.6 is 0 Å². The third kappa shape index (κ3) is 3.49. The van der Waals surface area contributed by atoms with Gasteiger partial charge < -0.3 is 15.5 Å². The van der Waals surface area contributed by atoms with Crippen molar-refractivity contribution in [3.63, 3.8) is 0 Å². The third-order valence-electron chi connectivity index (χ3n) is 4.49. The maximum atomic E-state index is 13.0. The summed E-state index contributed by atoms with van der Waals surface area (Å²) in [5.74, 6) is -0.454. The summed E-state index contributed by atoms with van der Waals surface area (Å²) < 4.78 is 13.0. The molecule has 3 N–H and O–H groups in total. The highest BCUT2D eigenvalue weighted by Crippen LogP contribution is 2.36. The molecule has 112 valence electrons. The molecule has 4 heteroatoms. The third-order valence-corrected chi connectivity index (χ3v) is 4.49. The van der Waals surface area contributed by atoms with Crippen molar-refractivity contribution < 1.29 is 14.6 Å². The van der Waals surface area contributed by atoms with Gasteiger partial charge in [0, 0.05) is 36.2 Å². The van der Waals surface area contributed by atoms with Crippen LogP contribution in [0.1, 0.15) is 50.6 Å². The standard InChI is InChI=1S/C16H24FNO2/c1-12(14-6-5-13(17)9-15(14)20)18-10-16(11-19)7-3-2-4-8-16/h5-6,9,12,18-20H,2-4,7-8,10-11H2,1H3. The molecule has 3 nitrogen and oxygen atoms in total. The molecule has 1 saturated carbocycles. The van der Waals surface area contributed by atoms with E-state index in [2.05, 4.69) is 5.32 Å². The molecule has 1 aliphatic rings. The second kappa shape index (κ2) is 6.55. The Hall–Kier alpha value is -1.13. The first-order valence-corrected chi connectivity index (χ1v) is 7.39. The summed E-state index contributed by atoms with van der Waals surface area (Å²) in [7, 11) is 0. The monoisotopic (exact) mass is 281 g/mol. The number of phenolic OH excluding ortho intramolecular Hbond substituents is 1. The van der Waals surface area contributed by atoms with Crippen LogP contribution in [-0.2, 0) is 0 Å². The van der Waals surface area contributed by atoms with Crippen molar-refractivity contribution in [3.8, 4) is 5.75 Å². The van der Waals surface area contributed by atoms with Crippen LogP contribution in [-0.4, -0.2) is 23.4 Å². The second-order valence-electron chi connectivity index (χ2n) is 6.02. The molecule has 0 amide bonds. The number of halogens is 1. The lowest BCUT2D eigenvalue weighted by Crippen LogP contribution is -2.40. The lowest BCUT2D eigenvalue weighted by Gasteiger charge is -2.36. The largest absolute Gasteiger partial charge is 0.508 e. The smallest absolute Gasteiger partial charge is 0.126 e. The number of rotatable bonds is 5. The van der Waals surface area contributed by atoms with Crippen LogP contribution in [0.2, 0.25) is 0 Å². The van der Waals surface area contributed by atoms with Crippen molar-refractivity contribution in [3.05, 3.63) is 29.6 Å². The number of aliphatic hydroxyl groups excluding tert-OH is 1. The number of hydrogen-bond acceptors (Lipinski definition) is 3. The summed E-state index contributed by atoms with van der Waals surface area (Å²) in [5.41, 5.74) is 0.651. The van der Waals surface area contributed by atoms with E-state index in [1.165, 1.54) is 25.3 Å². The number of phenols is 1. The molecular weight excluding hydrogens is 257 g/mol. The van der Waals surface area contributed by atoms with E-state index in [1.54, 1.807) is 6.07 Å². The average Bonchev–Trinajstić information content (AvgIpc) is 2.46. The van der Waals surface area contributed by atoms with E-state index in [0.717, 1.165) is 25.5 Å². The summed E-state index contributed by atoms with van der Waals surface area (Å²) in [6.45, 7) is 2.87. The lowest BCUT2D eigenvalue weighted by molar-refractivity contribution is 0.0788. The fourth-order valence-electron chi connectivity index (χ4n) is 3.06. The number of aliphatic hydroxyl groups is 1. The predicted octanol–water partition coefficient (Wildman–Crippen LogP) is 3.12. The van der Waals surface area contributed by atoms with Crippen LogP contribution in [0.4, 0.5) is 4.39 Å². The minimum absolute atomic E-state index is 0.0216. The molecule has 0 aliphatic heterocycles. The molecule has 1 aliphatic carbocycles. The quantitative estimate of drug-likeness (QED) is 0.777. The molecule has 0 saturated heterocycles. The van der Waals surface area contributed by atoms with E-state index >= 15 is 0 Å². The van der Waals surface area contributed by atoms with E-state index in [-0.39, 0.29) is 23.8 Å². The molecule has 1 aromatic rings. The van der Waals surface area contributed by atoms with Crippen molar-refractivity contribution in [2.24, 2.45) is 5.41 Å². The Morgan fingerprint density at radius 2 is 2.00 bits per heavy atom. The van der Waals surface area contributed by atoms with Gasteiger partial charge in [-0.1, -0.05) is 25.3 Å². The minimum Gasteiger partial charge on any atom is -0.508 e. The molecule has 1 atom stereocenters. The van der Waals surface area contributed by atoms with Gasteiger partial charge in [-0.2, -0.15) is 0 Å². The van der Waals surface area contributed by atoms with Gasteiger partial charge in [-0.05, 0) is 25.8 Å². The fourth-order valence-corrected chi connectivity index (χ4v) is 3.06. The molecule has 0 aromatic heterocycles. The van der Waals surface area contributed by atoms with E-state index in [1.807, 2.05) is 6.92 Å². The summed E-state index contributed by atoms with van der Waals surface area (Å²) in [5, 5.41) is 22.8. The van der Waals surface area contributed by atoms with Gasteiger partial charge in [-0.3, -0.25) is 0 Å². The molecule has 0 heterocycles. The van der Waals surface area contributed by atoms with Gasteiger partial charge in [0.25, 0.3) is 0 Å². The van der Waals surface area contributed by atoms with E-state index in [0.29, 0.717) is 5.56 Å². The summed E-state index contributed by atoms with van der Waals surface area (Å²) in [6.07, 6.45) is 5.66. The Kier molecular flexibility index (Phi) is 5.00. The molecule has 0 radical (unpaired) electrons. The van der Waals surface area contributed by atoms with Gasteiger partial charge >= 0.3 is 0 Å². The molecule has 1 aromatic carbocycles. The van der Waals surface area contributed by atoms with Gasteiger partial charge in [-0.15, -0.1) is 0 Å². The van der Waals surface area contributed by atoms with Gasteiger partial charge in [0.1, 0.15) is 11.6 Å². The fraction of sp³-hybridized carbons (Fsp3) is 0.625. The van der Waals surface area contributed by atoms with E-state index in [4.69, 9.17) is 0 Å². The SMILES string of the molecule is CC(NCC1(CO)CCCCC1)c1ccc(F)cc1O. The van der Waals surface area contributed by atoms with Crippen LogP contribution in [0.5, 0.6) is 5.75 Å². The van der Waals surface area contributed by atoms with Gasteiger partial charge in [0.15, 0.2) is 0 Å². The topological polar surface area (TPSA) is 52.5 Å². The van der Waals surface area contributed by atoms with Gasteiger partial charge in [0.2, 0.25) is 0 Å². The van der Waals surface area contributed by atoms with Gasteiger partial charge in [-0.25, -0.2) is 4.39 Å². The first-order chi connectivity index (χ1) is 9.56. The van der Waals surface area contributed by atoms with Crippen LogP contribution in [0.15, 0.2) is 18.2 Å². The van der Waals surface area contributed by atoms with Crippen LogP contribution < -0.4 is 5.32 Å². The van der Waals surface area contributed by atoms with Crippen LogP contribution in [0.3, 0.4) is 0 Å². The molecule has 1 unspecified atom stereocenters. The van der Waals surface area contributed by atoms with Crippen molar-refractivity contribution in [1.29, 1.82) is 0 Å². The molecule has 0 bridgehead atoms. The molecule has 2 rings (SSSR count). The highest BCUT2D eigenvalue weighted by molar-refractivity contribution is 5.34. The molecule has 0 spiro atoms. The van der Waals surface area contributed by atoms with Gasteiger partial charge in [0.05, 0.1) is 0 Å². The summed E-state index contributed by atoms with van der Waals surface area (Å²) in [6, 6.07) is 4.03. The Labute approximate surface area is 119 Å². The lowest BCUT2D eigenvalue weighted by atomic mass is 9.74. The zero-order valence-corrected chi connectivity index (χ0v) is 12.0. The van der Waals surface area contributed by atoms with Crippen molar-refractivity contribution in [1.82, 2.24) is 5.32 Å². The Morgan fingerprint density at radius 3 is 2.60 bits per heavy atom. The zero-order chi connectivity index (χ0) is 14.6. The molecule has 20 heavy (non-hydrogen) atoms. The highest BCUT2D eigenvalue weighted by Gasteiger charge is 2.31.